The number of hydrogen-bond acceptors (Lipinski definition) is 5. The largest absolute Gasteiger partial charge is 0.325 e. The van der Waals surface area contributed by atoms with E-state index in [0.29, 0.717) is 22.0 Å². The predicted molar refractivity (Wildman–Crippen MR) is 123 cm³/mol. The van der Waals surface area contributed by atoms with E-state index in [1.807, 2.05) is 0 Å². The molecule has 0 saturated carbocycles. The van der Waals surface area contributed by atoms with Crippen LogP contribution >= 0.6 is 23.4 Å². The fourth-order valence-corrected chi connectivity index (χ4v) is 3.95. The lowest BCUT2D eigenvalue weighted by Gasteiger charge is -2.08. The number of carbonyl (C=O) groups excluding carboxylic acids is 2. The molecule has 3 rings (SSSR count). The average molecular weight is 476 g/mol. The van der Waals surface area contributed by atoms with Crippen LogP contribution in [-0.2, 0) is 14.8 Å². The first kappa shape index (κ1) is 22.8. The van der Waals surface area contributed by atoms with E-state index in [0.717, 1.165) is 4.90 Å². The summed E-state index contributed by atoms with van der Waals surface area (Å²) >= 11 is 7.23. The van der Waals surface area contributed by atoms with Crippen molar-refractivity contribution in [2.45, 2.75) is 9.79 Å². The van der Waals surface area contributed by atoms with Crippen LogP contribution < -0.4 is 15.8 Å². The Hall–Kier alpha value is -2.85. The van der Waals surface area contributed by atoms with Gasteiger partial charge in [0.2, 0.25) is 15.9 Å². The highest BCUT2D eigenvalue weighted by Gasteiger charge is 2.09. The molecule has 0 saturated heterocycles. The molecule has 0 heterocycles. The highest BCUT2D eigenvalue weighted by atomic mass is 35.5. The predicted octanol–water partition coefficient (Wildman–Crippen LogP) is 3.97. The lowest BCUT2D eigenvalue weighted by Crippen LogP contribution is -2.15. The Bertz CT molecular complexity index is 1200. The van der Waals surface area contributed by atoms with Crippen molar-refractivity contribution in [1.29, 1.82) is 0 Å². The van der Waals surface area contributed by atoms with Crippen LogP contribution in [0.15, 0.2) is 82.6 Å². The summed E-state index contributed by atoms with van der Waals surface area (Å²) in [4.78, 5) is 25.2. The van der Waals surface area contributed by atoms with Crippen LogP contribution in [-0.4, -0.2) is 26.0 Å². The monoisotopic (exact) mass is 475 g/mol. The zero-order valence-electron chi connectivity index (χ0n) is 16.0. The standard InChI is InChI=1S/C21H18ClN3O4S2/c22-15-3-1-2-14(12-15)21(27)25-17-4-8-18(9-5-17)30-13-20(26)24-16-6-10-19(11-7-16)31(23,28)29/h1-12H,13H2,(H,24,26)(H,25,27)(H2,23,28,29). The van der Waals surface area contributed by atoms with Crippen LogP contribution in [0.5, 0.6) is 0 Å². The Labute approximate surface area is 189 Å². The SMILES string of the molecule is NS(=O)(=O)c1ccc(NC(=O)CSc2ccc(NC(=O)c3cccc(Cl)c3)cc2)cc1. The number of rotatable bonds is 7. The first-order valence-electron chi connectivity index (χ1n) is 8.93. The van der Waals surface area contributed by atoms with Gasteiger partial charge < -0.3 is 10.6 Å². The minimum atomic E-state index is -3.77. The number of thioether (sulfide) groups is 1. The zero-order valence-corrected chi connectivity index (χ0v) is 18.4. The minimum absolute atomic E-state index is 0.0255. The van der Waals surface area contributed by atoms with Gasteiger partial charge in [0, 0.05) is 26.9 Å². The van der Waals surface area contributed by atoms with E-state index < -0.39 is 10.0 Å². The van der Waals surface area contributed by atoms with E-state index in [4.69, 9.17) is 16.7 Å². The summed E-state index contributed by atoms with van der Waals surface area (Å²) in [5.41, 5.74) is 1.55. The van der Waals surface area contributed by atoms with Crippen molar-refractivity contribution < 1.29 is 18.0 Å². The van der Waals surface area contributed by atoms with Crippen molar-refractivity contribution in [2.24, 2.45) is 5.14 Å². The lowest BCUT2D eigenvalue weighted by molar-refractivity contribution is -0.113. The third kappa shape index (κ3) is 6.83. The number of nitrogens with two attached hydrogens (primary N) is 1. The molecule has 0 atom stereocenters. The lowest BCUT2D eigenvalue weighted by atomic mass is 10.2. The van der Waals surface area contributed by atoms with Gasteiger partial charge in [-0.1, -0.05) is 17.7 Å². The number of sulfonamides is 1. The first-order chi connectivity index (χ1) is 14.7. The molecule has 31 heavy (non-hydrogen) atoms. The molecule has 0 unspecified atom stereocenters. The Morgan fingerprint density at radius 1 is 0.903 bits per heavy atom. The number of benzene rings is 3. The normalized spacial score (nSPS) is 11.0. The van der Waals surface area contributed by atoms with Gasteiger partial charge >= 0.3 is 0 Å². The molecule has 0 aromatic heterocycles. The van der Waals surface area contributed by atoms with Crippen LogP contribution in [0.2, 0.25) is 5.02 Å². The number of amides is 2. The summed E-state index contributed by atoms with van der Waals surface area (Å²) < 4.78 is 22.5. The zero-order chi connectivity index (χ0) is 22.4. The van der Waals surface area contributed by atoms with Gasteiger partial charge in [-0.3, -0.25) is 9.59 Å². The molecule has 0 aliphatic carbocycles. The van der Waals surface area contributed by atoms with Crippen molar-refractivity contribution in [2.75, 3.05) is 16.4 Å². The quantitative estimate of drug-likeness (QED) is 0.447. The molecule has 3 aromatic rings. The topological polar surface area (TPSA) is 118 Å². The fourth-order valence-electron chi connectivity index (χ4n) is 2.54. The van der Waals surface area contributed by atoms with Crippen LogP contribution in [0.4, 0.5) is 11.4 Å². The molecule has 0 bridgehead atoms. The molecule has 160 valence electrons. The Kier molecular flexibility index (Phi) is 7.34. The second kappa shape index (κ2) is 9.97. The van der Waals surface area contributed by atoms with Crippen molar-refractivity contribution in [3.05, 3.63) is 83.4 Å². The maximum absolute atomic E-state index is 12.2. The summed E-state index contributed by atoms with van der Waals surface area (Å²) in [7, 11) is -3.77. The Balaban J connectivity index is 1.50. The maximum Gasteiger partial charge on any atom is 0.255 e. The second-order valence-electron chi connectivity index (χ2n) is 6.40. The fraction of sp³-hybridized carbons (Fsp3) is 0.0476. The van der Waals surface area contributed by atoms with Crippen LogP contribution in [0.25, 0.3) is 0 Å². The highest BCUT2D eigenvalue weighted by molar-refractivity contribution is 8.00. The molecular weight excluding hydrogens is 458 g/mol. The van der Waals surface area contributed by atoms with E-state index in [1.165, 1.54) is 36.0 Å². The Morgan fingerprint density at radius 2 is 1.52 bits per heavy atom. The van der Waals surface area contributed by atoms with E-state index in [9.17, 15) is 18.0 Å². The summed E-state index contributed by atoms with van der Waals surface area (Å²) in [5.74, 6) is -0.354. The van der Waals surface area contributed by atoms with E-state index in [1.54, 1.807) is 48.5 Å². The number of carbonyl (C=O) groups is 2. The van der Waals surface area contributed by atoms with Crippen molar-refractivity contribution in [1.82, 2.24) is 0 Å². The summed E-state index contributed by atoms with van der Waals surface area (Å²) in [6.45, 7) is 0. The molecular formula is C21H18ClN3O4S2. The third-order valence-electron chi connectivity index (χ3n) is 4.04. The molecule has 0 aliphatic heterocycles. The number of primary sulfonamides is 1. The summed E-state index contributed by atoms with van der Waals surface area (Å²) in [6.07, 6.45) is 0. The number of nitrogens with one attached hydrogen (secondary N) is 2. The average Bonchev–Trinajstić information content (AvgIpc) is 2.73. The number of halogens is 1. The molecule has 4 N–H and O–H groups in total. The van der Waals surface area contributed by atoms with Gasteiger partial charge in [0.1, 0.15) is 0 Å². The van der Waals surface area contributed by atoms with Crippen LogP contribution in [0.3, 0.4) is 0 Å². The van der Waals surface area contributed by atoms with E-state index >= 15 is 0 Å². The molecule has 7 nitrogen and oxygen atoms in total. The van der Waals surface area contributed by atoms with Crippen molar-refractivity contribution in [3.63, 3.8) is 0 Å². The molecule has 0 radical (unpaired) electrons. The first-order valence-corrected chi connectivity index (χ1v) is 11.8. The summed E-state index contributed by atoms with van der Waals surface area (Å²) in [5, 5.41) is 11.0. The van der Waals surface area contributed by atoms with Crippen LogP contribution in [0.1, 0.15) is 10.4 Å². The van der Waals surface area contributed by atoms with Crippen molar-refractivity contribution >= 4 is 56.6 Å². The molecule has 2 amide bonds. The molecule has 0 spiro atoms. The van der Waals surface area contributed by atoms with Gasteiger partial charge in [-0.05, 0) is 66.7 Å². The minimum Gasteiger partial charge on any atom is -0.325 e. The third-order valence-corrected chi connectivity index (χ3v) is 6.21. The van der Waals surface area contributed by atoms with Gasteiger partial charge in [0.25, 0.3) is 5.91 Å². The number of anilines is 2. The smallest absolute Gasteiger partial charge is 0.255 e. The molecule has 0 aliphatic rings. The van der Waals surface area contributed by atoms with Gasteiger partial charge in [-0.2, -0.15) is 0 Å². The number of hydrogen-bond donors (Lipinski definition) is 3. The highest BCUT2D eigenvalue weighted by Crippen LogP contribution is 2.22. The molecule has 3 aromatic carbocycles. The second-order valence-corrected chi connectivity index (χ2v) is 9.44. The van der Waals surface area contributed by atoms with Gasteiger partial charge in [0.15, 0.2) is 0 Å². The van der Waals surface area contributed by atoms with Gasteiger partial charge in [-0.25, -0.2) is 13.6 Å². The molecule has 0 fully saturated rings. The molecule has 10 heteroatoms. The maximum atomic E-state index is 12.2. The van der Waals surface area contributed by atoms with E-state index in [2.05, 4.69) is 10.6 Å². The van der Waals surface area contributed by atoms with Crippen LogP contribution in [0, 0.1) is 0 Å². The summed E-state index contributed by atoms with van der Waals surface area (Å²) in [6, 6.07) is 19.3. The van der Waals surface area contributed by atoms with Gasteiger partial charge in [-0.15, -0.1) is 11.8 Å². The Morgan fingerprint density at radius 3 is 2.13 bits per heavy atom. The van der Waals surface area contributed by atoms with Crippen molar-refractivity contribution in [3.8, 4) is 0 Å². The van der Waals surface area contributed by atoms with Gasteiger partial charge in [0.05, 0.1) is 10.6 Å². The van der Waals surface area contributed by atoms with E-state index in [-0.39, 0.29) is 22.5 Å².